The Morgan fingerprint density at radius 3 is 2.06 bits per heavy atom. The smallest absolute Gasteiger partial charge is 0.328 e. The molecule has 5 nitrogen and oxygen atoms in total. The highest BCUT2D eigenvalue weighted by Gasteiger charge is 2.36. The first-order valence-corrected chi connectivity index (χ1v) is 6.47. The van der Waals surface area contributed by atoms with Gasteiger partial charge in [0.2, 0.25) is 5.91 Å². The van der Waals surface area contributed by atoms with E-state index in [1.165, 1.54) is 7.11 Å². The molecule has 1 atom stereocenters. The van der Waals surface area contributed by atoms with E-state index in [0.717, 1.165) is 0 Å². The number of nitrogens with two attached hydrogens (primary N) is 1. The molecule has 0 aliphatic carbocycles. The summed E-state index contributed by atoms with van der Waals surface area (Å²) in [5.74, 6) is -0.610. The predicted octanol–water partition coefficient (Wildman–Crippen LogP) is 1.07. The van der Waals surface area contributed by atoms with Crippen LogP contribution in [-0.2, 0) is 14.3 Å². The molecule has 3 N–H and O–H groups in total. The number of hydrogen-bond acceptors (Lipinski definition) is 4. The number of nitrogens with one attached hydrogen (secondary N) is 1. The Morgan fingerprint density at radius 1 is 1.28 bits per heavy atom. The molecule has 0 bridgehead atoms. The molecule has 0 saturated heterocycles. The van der Waals surface area contributed by atoms with Crippen molar-refractivity contribution < 1.29 is 14.3 Å². The highest BCUT2D eigenvalue weighted by atomic mass is 16.5. The molecule has 18 heavy (non-hydrogen) atoms. The number of esters is 1. The van der Waals surface area contributed by atoms with Crippen molar-refractivity contribution >= 4 is 11.9 Å². The van der Waals surface area contributed by atoms with Crippen molar-refractivity contribution in [3.8, 4) is 0 Å². The van der Waals surface area contributed by atoms with Crippen molar-refractivity contribution in [2.24, 2.45) is 17.1 Å². The molecule has 0 aromatic rings. The fourth-order valence-electron chi connectivity index (χ4n) is 1.87. The monoisotopic (exact) mass is 258 g/mol. The van der Waals surface area contributed by atoms with Crippen LogP contribution in [0.2, 0.25) is 0 Å². The summed E-state index contributed by atoms with van der Waals surface area (Å²) < 4.78 is 4.70. The molecule has 0 fully saturated rings. The topological polar surface area (TPSA) is 81.4 Å². The van der Waals surface area contributed by atoms with Crippen LogP contribution in [-0.4, -0.2) is 31.6 Å². The first-order valence-electron chi connectivity index (χ1n) is 6.47. The molecule has 0 unspecified atom stereocenters. The maximum atomic E-state index is 12.3. The summed E-state index contributed by atoms with van der Waals surface area (Å²) in [5.41, 5.74) is 5.12. The third-order valence-corrected chi connectivity index (χ3v) is 3.63. The third-order valence-electron chi connectivity index (χ3n) is 3.63. The quantitative estimate of drug-likeness (QED) is 0.669. The van der Waals surface area contributed by atoms with Gasteiger partial charge in [0.1, 0.15) is 6.04 Å². The van der Waals surface area contributed by atoms with Gasteiger partial charge in [0.25, 0.3) is 0 Å². The van der Waals surface area contributed by atoms with Gasteiger partial charge in [0.15, 0.2) is 0 Å². The zero-order chi connectivity index (χ0) is 14.3. The van der Waals surface area contributed by atoms with E-state index in [2.05, 4.69) is 5.32 Å². The highest BCUT2D eigenvalue weighted by molar-refractivity contribution is 5.88. The Morgan fingerprint density at radius 2 is 1.78 bits per heavy atom. The summed E-state index contributed by atoms with van der Waals surface area (Å²) in [4.78, 5) is 23.9. The molecule has 106 valence electrons. The van der Waals surface area contributed by atoms with Gasteiger partial charge >= 0.3 is 5.97 Å². The molecule has 0 radical (unpaired) electrons. The first-order chi connectivity index (χ1) is 8.38. The standard InChI is InChI=1S/C13H26N2O3/c1-6-13(7-2,8-14)12(17)15-10(9(3)4)11(16)18-5/h9-10H,6-8,14H2,1-5H3,(H,15,17)/t10-/m0/s1. The van der Waals surface area contributed by atoms with E-state index in [-0.39, 0.29) is 18.4 Å². The number of methoxy groups -OCH3 is 1. The second-order valence-electron chi connectivity index (χ2n) is 4.91. The molecule has 0 aromatic heterocycles. The van der Waals surface area contributed by atoms with Crippen molar-refractivity contribution in [1.82, 2.24) is 5.32 Å². The number of carbonyl (C=O) groups is 2. The summed E-state index contributed by atoms with van der Waals surface area (Å²) in [6, 6.07) is -0.619. The Hall–Kier alpha value is -1.10. The van der Waals surface area contributed by atoms with Crippen molar-refractivity contribution in [2.75, 3.05) is 13.7 Å². The maximum Gasteiger partial charge on any atom is 0.328 e. The summed E-state index contributed by atoms with van der Waals surface area (Å²) in [6.07, 6.45) is 1.30. The van der Waals surface area contributed by atoms with Crippen LogP contribution in [0.5, 0.6) is 0 Å². The van der Waals surface area contributed by atoms with Crippen molar-refractivity contribution in [2.45, 2.75) is 46.6 Å². The van der Waals surface area contributed by atoms with Gasteiger partial charge < -0.3 is 15.8 Å². The number of rotatable bonds is 7. The van der Waals surface area contributed by atoms with Crippen LogP contribution < -0.4 is 11.1 Å². The second-order valence-corrected chi connectivity index (χ2v) is 4.91. The lowest BCUT2D eigenvalue weighted by molar-refractivity contribution is -0.148. The van der Waals surface area contributed by atoms with Gasteiger partial charge in [0, 0.05) is 6.54 Å². The summed E-state index contributed by atoms with van der Waals surface area (Å²) >= 11 is 0. The molecule has 0 aromatic carbocycles. The van der Waals surface area contributed by atoms with Gasteiger partial charge in [-0.25, -0.2) is 4.79 Å². The van der Waals surface area contributed by atoms with Gasteiger partial charge in [-0.2, -0.15) is 0 Å². The lowest BCUT2D eigenvalue weighted by atomic mass is 9.81. The Bertz CT molecular complexity index is 278. The highest BCUT2D eigenvalue weighted by Crippen LogP contribution is 2.25. The fraction of sp³-hybridized carbons (Fsp3) is 0.846. The molecular weight excluding hydrogens is 232 g/mol. The van der Waals surface area contributed by atoms with E-state index in [1.54, 1.807) is 0 Å². The van der Waals surface area contributed by atoms with Crippen LogP contribution in [0.1, 0.15) is 40.5 Å². The van der Waals surface area contributed by atoms with E-state index in [1.807, 2.05) is 27.7 Å². The summed E-state index contributed by atoms with van der Waals surface area (Å²) in [7, 11) is 1.32. The Balaban J connectivity index is 4.94. The first kappa shape index (κ1) is 16.9. The minimum atomic E-state index is -0.619. The SMILES string of the molecule is CCC(CC)(CN)C(=O)N[C@H](C(=O)OC)C(C)C. The molecule has 0 rings (SSSR count). The molecular formula is C13H26N2O3. The van der Waals surface area contributed by atoms with Crippen LogP contribution >= 0.6 is 0 Å². The average molecular weight is 258 g/mol. The zero-order valence-electron chi connectivity index (χ0n) is 12.1. The molecule has 0 aliphatic rings. The number of carbonyl (C=O) groups excluding carboxylic acids is 2. The van der Waals surface area contributed by atoms with E-state index in [9.17, 15) is 9.59 Å². The van der Waals surface area contributed by atoms with Crippen LogP contribution in [0.25, 0.3) is 0 Å². The number of hydrogen-bond donors (Lipinski definition) is 2. The van der Waals surface area contributed by atoms with E-state index < -0.39 is 17.4 Å². The van der Waals surface area contributed by atoms with Crippen molar-refractivity contribution in [3.63, 3.8) is 0 Å². The summed E-state index contributed by atoms with van der Waals surface area (Å²) in [6.45, 7) is 7.86. The van der Waals surface area contributed by atoms with E-state index in [4.69, 9.17) is 10.5 Å². The second kappa shape index (κ2) is 7.36. The predicted molar refractivity (Wildman–Crippen MR) is 70.9 cm³/mol. The zero-order valence-corrected chi connectivity index (χ0v) is 12.1. The Labute approximate surface area is 109 Å². The minimum absolute atomic E-state index is 0.0226. The minimum Gasteiger partial charge on any atom is -0.467 e. The van der Waals surface area contributed by atoms with Gasteiger partial charge in [0.05, 0.1) is 12.5 Å². The van der Waals surface area contributed by atoms with Crippen LogP contribution in [0.15, 0.2) is 0 Å². The van der Waals surface area contributed by atoms with Gasteiger partial charge in [-0.1, -0.05) is 27.7 Å². The van der Waals surface area contributed by atoms with Gasteiger partial charge in [-0.15, -0.1) is 0 Å². The molecule has 0 heterocycles. The molecule has 0 aliphatic heterocycles. The third kappa shape index (κ3) is 3.70. The van der Waals surface area contributed by atoms with Crippen LogP contribution in [0, 0.1) is 11.3 Å². The van der Waals surface area contributed by atoms with E-state index in [0.29, 0.717) is 12.8 Å². The Kier molecular flexibility index (Phi) is 6.91. The van der Waals surface area contributed by atoms with E-state index >= 15 is 0 Å². The van der Waals surface area contributed by atoms with Gasteiger partial charge in [-0.3, -0.25) is 4.79 Å². The molecule has 1 amide bonds. The van der Waals surface area contributed by atoms with Crippen LogP contribution in [0.3, 0.4) is 0 Å². The summed E-state index contributed by atoms with van der Waals surface area (Å²) in [5, 5.41) is 2.77. The molecule has 0 spiro atoms. The lowest BCUT2D eigenvalue weighted by Crippen LogP contribution is -2.53. The van der Waals surface area contributed by atoms with Crippen molar-refractivity contribution in [3.05, 3.63) is 0 Å². The number of ether oxygens (including phenoxy) is 1. The lowest BCUT2D eigenvalue weighted by Gasteiger charge is -2.31. The fourth-order valence-corrected chi connectivity index (χ4v) is 1.87. The average Bonchev–Trinajstić information content (AvgIpc) is 2.37. The normalized spacial score (nSPS) is 13.3. The maximum absolute atomic E-state index is 12.3. The largest absolute Gasteiger partial charge is 0.467 e. The molecule has 5 heteroatoms. The molecule has 0 saturated carbocycles. The van der Waals surface area contributed by atoms with Gasteiger partial charge in [-0.05, 0) is 18.8 Å². The number of amides is 1. The van der Waals surface area contributed by atoms with Crippen LogP contribution in [0.4, 0.5) is 0 Å². The van der Waals surface area contributed by atoms with Crippen molar-refractivity contribution in [1.29, 1.82) is 0 Å².